The van der Waals surface area contributed by atoms with Crippen LogP contribution in [0.2, 0.25) is 0 Å². The summed E-state index contributed by atoms with van der Waals surface area (Å²) in [5.41, 5.74) is 1.89. The number of carbonyl (C=O) groups excluding carboxylic acids is 1. The molecule has 0 atom stereocenters. The molecule has 7 nitrogen and oxygen atoms in total. The fraction of sp³-hybridized carbons (Fsp3) is 0.316. The molecular formula is C19H21N5O2S. The summed E-state index contributed by atoms with van der Waals surface area (Å²) < 4.78 is 1.78. The number of phenols is 1. The highest BCUT2D eigenvalue weighted by Crippen LogP contribution is 2.15. The number of aromatic hydroxyl groups is 1. The molecule has 1 amide bonds. The molecule has 140 valence electrons. The first kappa shape index (κ1) is 17.7. The molecule has 0 aliphatic carbocycles. The van der Waals surface area contributed by atoms with E-state index in [0.717, 1.165) is 48.9 Å². The van der Waals surface area contributed by atoms with Crippen molar-refractivity contribution < 1.29 is 9.90 Å². The topological polar surface area (TPSA) is 74.5 Å². The van der Waals surface area contributed by atoms with E-state index in [2.05, 4.69) is 15.2 Å². The van der Waals surface area contributed by atoms with Gasteiger partial charge in [0.05, 0.1) is 23.3 Å². The standard InChI is InChI=1S/C19H21N5O2S/c25-17-4-1-3-15(11-17)12-24-14-16(20-21-24)13-22-6-8-23(9-7-22)19(26)18-5-2-10-27-18/h1-5,10-11,14,25H,6-9,12-13H2. The summed E-state index contributed by atoms with van der Waals surface area (Å²) in [5.74, 6) is 0.379. The summed E-state index contributed by atoms with van der Waals surface area (Å²) >= 11 is 1.49. The zero-order valence-electron chi connectivity index (χ0n) is 14.9. The number of thiophene rings is 1. The van der Waals surface area contributed by atoms with E-state index in [1.165, 1.54) is 11.3 Å². The molecule has 1 aliphatic rings. The van der Waals surface area contributed by atoms with Gasteiger partial charge >= 0.3 is 0 Å². The van der Waals surface area contributed by atoms with Gasteiger partial charge in [-0.05, 0) is 29.1 Å². The second kappa shape index (κ2) is 7.89. The van der Waals surface area contributed by atoms with Crippen LogP contribution in [0.3, 0.4) is 0 Å². The Morgan fingerprint density at radius 1 is 1.11 bits per heavy atom. The summed E-state index contributed by atoms with van der Waals surface area (Å²) in [5, 5.41) is 19.9. The van der Waals surface area contributed by atoms with Crippen LogP contribution in [0.1, 0.15) is 20.9 Å². The number of hydrogen-bond acceptors (Lipinski definition) is 6. The molecule has 0 saturated carbocycles. The van der Waals surface area contributed by atoms with Gasteiger partial charge in [0.2, 0.25) is 0 Å². The van der Waals surface area contributed by atoms with Gasteiger partial charge in [-0.15, -0.1) is 16.4 Å². The number of phenolic OH excluding ortho intramolecular Hbond substituents is 1. The maximum absolute atomic E-state index is 12.4. The summed E-state index contributed by atoms with van der Waals surface area (Å²) in [7, 11) is 0. The number of piperazine rings is 1. The van der Waals surface area contributed by atoms with Crippen molar-refractivity contribution in [3.8, 4) is 5.75 Å². The van der Waals surface area contributed by atoms with Crippen LogP contribution in [0.15, 0.2) is 48.0 Å². The van der Waals surface area contributed by atoms with Crippen molar-refractivity contribution in [2.45, 2.75) is 13.1 Å². The Morgan fingerprint density at radius 3 is 2.70 bits per heavy atom. The second-order valence-electron chi connectivity index (χ2n) is 6.62. The minimum Gasteiger partial charge on any atom is -0.508 e. The number of hydrogen-bond donors (Lipinski definition) is 1. The summed E-state index contributed by atoms with van der Waals surface area (Å²) in [6, 6.07) is 10.9. The highest BCUT2D eigenvalue weighted by atomic mass is 32.1. The van der Waals surface area contributed by atoms with Gasteiger partial charge in [-0.3, -0.25) is 9.69 Å². The van der Waals surface area contributed by atoms with Crippen molar-refractivity contribution in [1.82, 2.24) is 24.8 Å². The zero-order valence-corrected chi connectivity index (χ0v) is 15.7. The quantitative estimate of drug-likeness (QED) is 0.730. The number of rotatable bonds is 5. The Morgan fingerprint density at radius 2 is 1.96 bits per heavy atom. The van der Waals surface area contributed by atoms with E-state index in [-0.39, 0.29) is 11.7 Å². The van der Waals surface area contributed by atoms with Gasteiger partial charge in [-0.2, -0.15) is 0 Å². The normalized spacial score (nSPS) is 15.2. The minimum absolute atomic E-state index is 0.127. The zero-order chi connectivity index (χ0) is 18.6. The first-order valence-corrected chi connectivity index (χ1v) is 9.77. The average molecular weight is 383 g/mol. The summed E-state index contributed by atoms with van der Waals surface area (Å²) in [6.45, 7) is 4.42. The predicted molar refractivity (Wildman–Crippen MR) is 103 cm³/mol. The van der Waals surface area contributed by atoms with Gasteiger partial charge in [-0.25, -0.2) is 4.68 Å². The lowest BCUT2D eigenvalue weighted by Gasteiger charge is -2.34. The van der Waals surface area contributed by atoms with Crippen LogP contribution in [0, 0.1) is 0 Å². The van der Waals surface area contributed by atoms with Crippen LogP contribution in [0.25, 0.3) is 0 Å². The van der Waals surface area contributed by atoms with Gasteiger partial charge in [0.1, 0.15) is 5.75 Å². The summed E-state index contributed by atoms with van der Waals surface area (Å²) in [6.07, 6.45) is 1.94. The molecule has 0 bridgehead atoms. The molecule has 0 radical (unpaired) electrons. The van der Waals surface area contributed by atoms with Crippen molar-refractivity contribution in [2.75, 3.05) is 26.2 Å². The third-order valence-corrected chi connectivity index (χ3v) is 5.48. The van der Waals surface area contributed by atoms with E-state index >= 15 is 0 Å². The molecule has 27 heavy (non-hydrogen) atoms. The molecule has 0 unspecified atom stereocenters. The number of amides is 1. The van der Waals surface area contributed by atoms with Crippen molar-refractivity contribution in [3.05, 3.63) is 64.1 Å². The van der Waals surface area contributed by atoms with E-state index < -0.39 is 0 Å². The van der Waals surface area contributed by atoms with E-state index in [1.807, 2.05) is 40.7 Å². The second-order valence-corrected chi connectivity index (χ2v) is 7.57. The van der Waals surface area contributed by atoms with Crippen LogP contribution in [-0.2, 0) is 13.1 Å². The van der Waals surface area contributed by atoms with Crippen molar-refractivity contribution in [2.24, 2.45) is 0 Å². The van der Waals surface area contributed by atoms with Gasteiger partial charge in [0.25, 0.3) is 5.91 Å². The lowest BCUT2D eigenvalue weighted by atomic mass is 10.2. The predicted octanol–water partition coefficient (Wildman–Crippen LogP) is 2.05. The van der Waals surface area contributed by atoms with Crippen LogP contribution in [0.4, 0.5) is 0 Å². The maximum Gasteiger partial charge on any atom is 0.264 e. The van der Waals surface area contributed by atoms with Gasteiger partial charge in [0, 0.05) is 32.7 Å². The molecule has 2 aromatic heterocycles. The maximum atomic E-state index is 12.4. The lowest BCUT2D eigenvalue weighted by molar-refractivity contribution is 0.0631. The molecular weight excluding hydrogens is 362 g/mol. The summed E-state index contributed by atoms with van der Waals surface area (Å²) in [4.78, 5) is 17.4. The average Bonchev–Trinajstić information content (AvgIpc) is 3.34. The monoisotopic (exact) mass is 383 g/mol. The van der Waals surface area contributed by atoms with E-state index in [1.54, 1.807) is 16.8 Å². The molecule has 0 spiro atoms. The lowest BCUT2D eigenvalue weighted by Crippen LogP contribution is -2.48. The fourth-order valence-corrected chi connectivity index (χ4v) is 3.92. The van der Waals surface area contributed by atoms with Crippen LogP contribution < -0.4 is 0 Å². The Labute approximate surface area is 161 Å². The molecule has 1 aliphatic heterocycles. The number of carbonyl (C=O) groups is 1. The number of aromatic nitrogens is 3. The highest BCUT2D eigenvalue weighted by Gasteiger charge is 2.23. The Kier molecular flexibility index (Phi) is 5.17. The number of nitrogens with zero attached hydrogens (tertiary/aromatic N) is 5. The molecule has 1 saturated heterocycles. The molecule has 1 fully saturated rings. The van der Waals surface area contributed by atoms with Crippen molar-refractivity contribution in [1.29, 1.82) is 0 Å². The highest BCUT2D eigenvalue weighted by molar-refractivity contribution is 7.12. The third kappa shape index (κ3) is 4.35. The molecule has 4 rings (SSSR count). The van der Waals surface area contributed by atoms with E-state index in [0.29, 0.717) is 6.54 Å². The van der Waals surface area contributed by atoms with Crippen LogP contribution in [0.5, 0.6) is 5.75 Å². The molecule has 1 N–H and O–H groups in total. The van der Waals surface area contributed by atoms with Gasteiger partial charge < -0.3 is 10.0 Å². The van der Waals surface area contributed by atoms with Crippen molar-refractivity contribution in [3.63, 3.8) is 0 Å². The fourth-order valence-electron chi connectivity index (χ4n) is 3.22. The van der Waals surface area contributed by atoms with Gasteiger partial charge in [-0.1, -0.05) is 23.4 Å². The van der Waals surface area contributed by atoms with E-state index in [9.17, 15) is 9.90 Å². The Balaban J connectivity index is 1.29. The first-order chi connectivity index (χ1) is 13.2. The van der Waals surface area contributed by atoms with Crippen LogP contribution >= 0.6 is 11.3 Å². The Bertz CT molecular complexity index is 900. The Hall–Kier alpha value is -2.71. The largest absolute Gasteiger partial charge is 0.508 e. The smallest absolute Gasteiger partial charge is 0.264 e. The van der Waals surface area contributed by atoms with Crippen molar-refractivity contribution >= 4 is 17.2 Å². The number of benzene rings is 1. The first-order valence-electron chi connectivity index (χ1n) is 8.89. The third-order valence-electron chi connectivity index (χ3n) is 4.62. The van der Waals surface area contributed by atoms with E-state index in [4.69, 9.17) is 0 Å². The minimum atomic E-state index is 0.127. The molecule has 3 heterocycles. The molecule has 8 heteroatoms. The van der Waals surface area contributed by atoms with Gasteiger partial charge in [0.15, 0.2) is 0 Å². The SMILES string of the molecule is O=C(c1cccs1)N1CCN(Cc2cn(Cc3cccc(O)c3)nn2)CC1. The molecule has 3 aromatic rings. The van der Waals surface area contributed by atoms with Crippen LogP contribution in [-0.4, -0.2) is 62.0 Å². The molecule has 1 aromatic carbocycles.